The van der Waals surface area contributed by atoms with Gasteiger partial charge in [0, 0.05) is 6.04 Å². The van der Waals surface area contributed by atoms with Gasteiger partial charge in [0.2, 0.25) is 10.0 Å². The molecule has 2 fully saturated rings. The Morgan fingerprint density at radius 1 is 1.25 bits per heavy atom. The van der Waals surface area contributed by atoms with Crippen molar-refractivity contribution < 1.29 is 8.42 Å². The second-order valence-corrected chi connectivity index (χ2v) is 7.02. The molecule has 2 rings (SSSR count). The molecular weight excluding hydrogens is 224 g/mol. The fourth-order valence-corrected chi connectivity index (χ4v) is 4.19. The van der Waals surface area contributed by atoms with Crippen LogP contribution in [0.15, 0.2) is 0 Å². The minimum Gasteiger partial charge on any atom is -0.317 e. The molecule has 94 valence electrons. The van der Waals surface area contributed by atoms with Gasteiger partial charge in [-0.05, 0) is 57.5 Å². The van der Waals surface area contributed by atoms with Crippen molar-refractivity contribution in [2.24, 2.45) is 11.8 Å². The van der Waals surface area contributed by atoms with Gasteiger partial charge in [-0.3, -0.25) is 0 Å². The monoisotopic (exact) mass is 246 g/mol. The zero-order chi connectivity index (χ0) is 11.6. The van der Waals surface area contributed by atoms with Gasteiger partial charge in [-0.15, -0.1) is 0 Å². The van der Waals surface area contributed by atoms with Gasteiger partial charge in [-0.1, -0.05) is 0 Å². The van der Waals surface area contributed by atoms with Gasteiger partial charge in [-0.2, -0.15) is 0 Å². The first-order chi connectivity index (χ1) is 7.57. The fraction of sp³-hybridized carbons (Fsp3) is 1.00. The highest BCUT2D eigenvalue weighted by Crippen LogP contribution is 2.32. The molecular formula is C11H22N2O2S. The standard InChI is InChI=1S/C11H22N2O2S/c1-9(11-2-3-11)13-16(14,15)8-10-4-6-12-7-5-10/h9-13H,2-8H2,1H3. The van der Waals surface area contributed by atoms with Crippen molar-refractivity contribution in [1.82, 2.24) is 10.0 Å². The van der Waals surface area contributed by atoms with Crippen LogP contribution < -0.4 is 10.0 Å². The van der Waals surface area contributed by atoms with E-state index >= 15 is 0 Å². The van der Waals surface area contributed by atoms with Gasteiger partial charge in [-0.25, -0.2) is 13.1 Å². The molecule has 5 heteroatoms. The maximum absolute atomic E-state index is 11.9. The highest BCUT2D eigenvalue weighted by Gasteiger charge is 2.31. The van der Waals surface area contributed by atoms with Crippen molar-refractivity contribution in [2.75, 3.05) is 18.8 Å². The number of nitrogens with one attached hydrogen (secondary N) is 2. The molecule has 0 aromatic rings. The molecule has 1 saturated carbocycles. The molecule has 1 atom stereocenters. The molecule has 2 aliphatic rings. The second-order valence-electron chi connectivity index (χ2n) is 5.22. The number of hydrogen-bond acceptors (Lipinski definition) is 3. The molecule has 0 aromatic carbocycles. The molecule has 0 spiro atoms. The van der Waals surface area contributed by atoms with E-state index in [4.69, 9.17) is 0 Å². The van der Waals surface area contributed by atoms with Gasteiger partial charge in [0.15, 0.2) is 0 Å². The average molecular weight is 246 g/mol. The van der Waals surface area contributed by atoms with Crippen LogP contribution in [0.25, 0.3) is 0 Å². The maximum atomic E-state index is 11.9. The highest BCUT2D eigenvalue weighted by molar-refractivity contribution is 7.89. The summed E-state index contributed by atoms with van der Waals surface area (Å²) in [6, 6.07) is 0.131. The van der Waals surface area contributed by atoms with Crippen LogP contribution in [-0.2, 0) is 10.0 Å². The summed E-state index contributed by atoms with van der Waals surface area (Å²) in [5.74, 6) is 1.24. The molecule has 1 aliphatic heterocycles. The van der Waals surface area contributed by atoms with E-state index in [2.05, 4.69) is 10.0 Å². The van der Waals surface area contributed by atoms with Crippen LogP contribution in [0.1, 0.15) is 32.6 Å². The first-order valence-corrected chi connectivity index (χ1v) is 7.93. The topological polar surface area (TPSA) is 58.2 Å². The lowest BCUT2D eigenvalue weighted by molar-refractivity contribution is 0.398. The van der Waals surface area contributed by atoms with E-state index < -0.39 is 10.0 Å². The van der Waals surface area contributed by atoms with E-state index in [9.17, 15) is 8.42 Å². The normalized spacial score (nSPS) is 25.6. The lowest BCUT2D eigenvalue weighted by atomic mass is 10.0. The van der Waals surface area contributed by atoms with Crippen molar-refractivity contribution in [3.63, 3.8) is 0 Å². The second kappa shape index (κ2) is 5.02. The molecule has 16 heavy (non-hydrogen) atoms. The SMILES string of the molecule is CC(NS(=O)(=O)CC1CCNCC1)C1CC1. The molecule has 1 heterocycles. The lowest BCUT2D eigenvalue weighted by Crippen LogP contribution is -2.39. The molecule has 0 amide bonds. The molecule has 1 aliphatic carbocycles. The zero-order valence-corrected chi connectivity index (χ0v) is 10.7. The van der Waals surface area contributed by atoms with Gasteiger partial charge in [0.05, 0.1) is 5.75 Å². The number of sulfonamides is 1. The van der Waals surface area contributed by atoms with E-state index in [0.717, 1.165) is 25.9 Å². The van der Waals surface area contributed by atoms with Crippen molar-refractivity contribution in [3.8, 4) is 0 Å². The highest BCUT2D eigenvalue weighted by atomic mass is 32.2. The van der Waals surface area contributed by atoms with E-state index in [-0.39, 0.29) is 6.04 Å². The zero-order valence-electron chi connectivity index (χ0n) is 9.91. The Kier molecular flexibility index (Phi) is 3.87. The van der Waals surface area contributed by atoms with Crippen LogP contribution >= 0.6 is 0 Å². The van der Waals surface area contributed by atoms with Crippen molar-refractivity contribution in [1.29, 1.82) is 0 Å². The number of rotatable bonds is 5. The van der Waals surface area contributed by atoms with E-state index in [1.54, 1.807) is 0 Å². The van der Waals surface area contributed by atoms with Gasteiger partial charge < -0.3 is 5.32 Å². The quantitative estimate of drug-likeness (QED) is 0.751. The fourth-order valence-electron chi connectivity index (χ4n) is 2.38. The van der Waals surface area contributed by atoms with Crippen molar-refractivity contribution in [3.05, 3.63) is 0 Å². The van der Waals surface area contributed by atoms with Gasteiger partial charge in [0.25, 0.3) is 0 Å². The Bertz CT molecular complexity index is 319. The molecule has 1 saturated heterocycles. The summed E-state index contributed by atoms with van der Waals surface area (Å²) in [6.07, 6.45) is 4.32. The van der Waals surface area contributed by atoms with Crippen molar-refractivity contribution >= 4 is 10.0 Å². The van der Waals surface area contributed by atoms with Crippen molar-refractivity contribution in [2.45, 2.75) is 38.6 Å². The van der Waals surface area contributed by atoms with Gasteiger partial charge >= 0.3 is 0 Å². The van der Waals surface area contributed by atoms with E-state index in [1.807, 2.05) is 6.92 Å². The predicted octanol–water partition coefficient (Wildman–Crippen LogP) is 0.704. The average Bonchev–Trinajstić information content (AvgIpc) is 3.00. The molecule has 0 radical (unpaired) electrons. The van der Waals surface area contributed by atoms with Crippen LogP contribution in [0, 0.1) is 11.8 Å². The summed E-state index contributed by atoms with van der Waals surface area (Å²) < 4.78 is 26.6. The third kappa shape index (κ3) is 3.71. The summed E-state index contributed by atoms with van der Waals surface area (Å²) >= 11 is 0. The summed E-state index contributed by atoms with van der Waals surface area (Å²) in [7, 11) is -3.06. The lowest BCUT2D eigenvalue weighted by Gasteiger charge is -2.23. The molecule has 2 N–H and O–H groups in total. The minimum atomic E-state index is -3.06. The van der Waals surface area contributed by atoms with Crippen LogP contribution in [0.5, 0.6) is 0 Å². The summed E-state index contributed by atoms with van der Waals surface area (Å²) in [5.41, 5.74) is 0. The largest absolute Gasteiger partial charge is 0.317 e. The molecule has 1 unspecified atom stereocenters. The number of hydrogen-bond donors (Lipinski definition) is 2. The smallest absolute Gasteiger partial charge is 0.212 e. The summed E-state index contributed by atoms with van der Waals surface area (Å²) in [4.78, 5) is 0. The Morgan fingerprint density at radius 3 is 2.44 bits per heavy atom. The summed E-state index contributed by atoms with van der Waals surface area (Å²) in [5, 5.41) is 3.25. The molecule has 4 nitrogen and oxygen atoms in total. The van der Waals surface area contributed by atoms with Crippen LogP contribution in [0.2, 0.25) is 0 Å². The Balaban J connectivity index is 1.81. The van der Waals surface area contributed by atoms with Crippen LogP contribution in [-0.4, -0.2) is 33.3 Å². The Morgan fingerprint density at radius 2 is 1.88 bits per heavy atom. The summed E-state index contributed by atoms with van der Waals surface area (Å²) in [6.45, 7) is 3.90. The first-order valence-electron chi connectivity index (χ1n) is 6.27. The molecule has 0 bridgehead atoms. The Hall–Kier alpha value is -0.130. The maximum Gasteiger partial charge on any atom is 0.212 e. The minimum absolute atomic E-state index is 0.131. The van der Waals surface area contributed by atoms with E-state index in [0.29, 0.717) is 17.6 Å². The first kappa shape index (κ1) is 12.3. The number of piperidine rings is 1. The predicted molar refractivity (Wildman–Crippen MR) is 64.7 cm³/mol. The van der Waals surface area contributed by atoms with Crippen LogP contribution in [0.3, 0.4) is 0 Å². The van der Waals surface area contributed by atoms with E-state index in [1.165, 1.54) is 12.8 Å². The van der Waals surface area contributed by atoms with Crippen LogP contribution in [0.4, 0.5) is 0 Å². The molecule has 0 aromatic heterocycles. The third-order valence-electron chi connectivity index (χ3n) is 3.61. The van der Waals surface area contributed by atoms with Gasteiger partial charge in [0.1, 0.15) is 0 Å². The Labute approximate surface area is 98.2 Å². The third-order valence-corrected chi connectivity index (χ3v) is 5.25.